The maximum absolute atomic E-state index is 12.6. The number of benzene rings is 2. The van der Waals surface area contributed by atoms with Gasteiger partial charge in [0.2, 0.25) is 5.89 Å². The topological polar surface area (TPSA) is 89.5 Å². The van der Waals surface area contributed by atoms with Crippen molar-refractivity contribution in [2.75, 3.05) is 5.32 Å². The van der Waals surface area contributed by atoms with E-state index in [0.717, 1.165) is 21.2 Å². The number of aromatic nitrogens is 3. The molecule has 0 bridgehead atoms. The van der Waals surface area contributed by atoms with Crippen LogP contribution in [-0.2, 0) is 0 Å². The number of carbonyl (C=O) groups is 1. The van der Waals surface area contributed by atoms with Gasteiger partial charge in [-0.15, -0.1) is 9.61 Å². The highest BCUT2D eigenvalue weighted by Crippen LogP contribution is 2.19. The van der Waals surface area contributed by atoms with Crippen LogP contribution in [0.4, 0.5) is 5.69 Å². The molecule has 7 nitrogen and oxygen atoms in total. The molecule has 4 rings (SSSR count). The molecule has 4 aromatic rings. The molecule has 0 radical (unpaired) electrons. The molecule has 0 fully saturated rings. The Bertz CT molecular complexity index is 1210. The Morgan fingerprint density at radius 3 is 2.59 bits per heavy atom. The van der Waals surface area contributed by atoms with E-state index in [1.807, 2.05) is 44.2 Å². The van der Waals surface area contributed by atoms with Crippen LogP contribution in [0.5, 0.6) is 0 Å². The highest BCUT2D eigenvalue weighted by Gasteiger charge is 2.15. The van der Waals surface area contributed by atoms with Crippen LogP contribution in [-0.4, -0.2) is 20.5 Å². The standard InChI is InChI=1S/C20H16N4O3/c1-12-6-8-14(9-7-12)18-23-24-19(26)16(11-21-20(24)27-18)22-17(25)15-5-3-4-13(2)10-15/h3-11H,1-2H3,(H,22,25). The van der Waals surface area contributed by atoms with Crippen LogP contribution in [0.2, 0.25) is 0 Å². The molecule has 0 aliphatic rings. The normalized spacial score (nSPS) is 10.9. The first kappa shape index (κ1) is 16.7. The van der Waals surface area contributed by atoms with Crippen molar-refractivity contribution < 1.29 is 9.21 Å². The number of nitrogens with zero attached hydrogens (tertiary/aromatic N) is 3. The molecule has 1 amide bonds. The van der Waals surface area contributed by atoms with Crippen molar-refractivity contribution >= 4 is 17.4 Å². The number of fused-ring (bicyclic) bond motifs is 1. The number of rotatable bonds is 3. The Hall–Kier alpha value is -3.74. The SMILES string of the molecule is Cc1ccc(-c2nn3c(=O)c(NC(=O)c4cccc(C)c4)cnc3o2)cc1. The van der Waals surface area contributed by atoms with Gasteiger partial charge in [-0.25, -0.2) is 4.98 Å². The fraction of sp³-hybridized carbons (Fsp3) is 0.100. The van der Waals surface area contributed by atoms with Crippen molar-refractivity contribution in [2.45, 2.75) is 13.8 Å². The zero-order chi connectivity index (χ0) is 19.0. The second kappa shape index (κ2) is 6.53. The van der Waals surface area contributed by atoms with Crippen molar-refractivity contribution in [3.05, 3.63) is 81.8 Å². The summed E-state index contributed by atoms with van der Waals surface area (Å²) in [5.74, 6) is -0.0503. The summed E-state index contributed by atoms with van der Waals surface area (Å²) in [6.45, 7) is 3.87. The number of hydrogen-bond donors (Lipinski definition) is 1. The Morgan fingerprint density at radius 1 is 1.07 bits per heavy atom. The molecule has 0 saturated heterocycles. The lowest BCUT2D eigenvalue weighted by atomic mass is 10.1. The van der Waals surface area contributed by atoms with E-state index in [9.17, 15) is 9.59 Å². The van der Waals surface area contributed by atoms with E-state index in [2.05, 4.69) is 15.4 Å². The molecule has 134 valence electrons. The summed E-state index contributed by atoms with van der Waals surface area (Å²) in [5.41, 5.74) is 2.76. The second-order valence-corrected chi connectivity index (χ2v) is 6.27. The third-order valence-electron chi connectivity index (χ3n) is 4.11. The molecule has 2 aromatic heterocycles. The maximum atomic E-state index is 12.6. The first-order valence-corrected chi connectivity index (χ1v) is 8.35. The molecule has 0 unspecified atom stereocenters. The van der Waals surface area contributed by atoms with Gasteiger partial charge in [-0.05, 0) is 38.1 Å². The lowest BCUT2D eigenvalue weighted by Crippen LogP contribution is -2.23. The predicted octanol–water partition coefficient (Wildman–Crippen LogP) is 3.22. The van der Waals surface area contributed by atoms with Crippen molar-refractivity contribution in [2.24, 2.45) is 0 Å². The fourth-order valence-corrected chi connectivity index (χ4v) is 2.67. The molecule has 0 spiro atoms. The summed E-state index contributed by atoms with van der Waals surface area (Å²) in [6, 6.07) is 14.6. The molecular formula is C20H16N4O3. The molecule has 0 atom stereocenters. The third kappa shape index (κ3) is 3.22. The average Bonchev–Trinajstić information content (AvgIpc) is 3.10. The van der Waals surface area contributed by atoms with E-state index in [0.29, 0.717) is 5.56 Å². The molecule has 2 heterocycles. The number of hydrogen-bond acceptors (Lipinski definition) is 5. The summed E-state index contributed by atoms with van der Waals surface area (Å²) in [6.07, 6.45) is 1.27. The summed E-state index contributed by atoms with van der Waals surface area (Å²) >= 11 is 0. The second-order valence-electron chi connectivity index (χ2n) is 6.27. The number of carbonyl (C=O) groups excluding carboxylic acids is 1. The van der Waals surface area contributed by atoms with E-state index in [1.54, 1.807) is 18.2 Å². The van der Waals surface area contributed by atoms with Crippen LogP contribution < -0.4 is 10.9 Å². The summed E-state index contributed by atoms with van der Waals surface area (Å²) in [7, 11) is 0. The Balaban J connectivity index is 1.69. The van der Waals surface area contributed by atoms with Gasteiger partial charge >= 0.3 is 11.4 Å². The van der Waals surface area contributed by atoms with Crippen LogP contribution in [0.25, 0.3) is 17.3 Å². The van der Waals surface area contributed by atoms with E-state index in [1.165, 1.54) is 6.20 Å². The first-order chi connectivity index (χ1) is 13.0. The highest BCUT2D eigenvalue weighted by atomic mass is 16.4. The average molecular weight is 360 g/mol. The lowest BCUT2D eigenvalue weighted by molar-refractivity contribution is 0.102. The van der Waals surface area contributed by atoms with Crippen molar-refractivity contribution in [3.63, 3.8) is 0 Å². The first-order valence-electron chi connectivity index (χ1n) is 8.35. The molecule has 1 N–H and O–H groups in total. The number of amides is 1. The van der Waals surface area contributed by atoms with Crippen LogP contribution in [0.15, 0.2) is 63.9 Å². The van der Waals surface area contributed by atoms with E-state index in [4.69, 9.17) is 4.42 Å². The fourth-order valence-electron chi connectivity index (χ4n) is 2.67. The number of nitrogens with one attached hydrogen (secondary N) is 1. The zero-order valence-electron chi connectivity index (χ0n) is 14.8. The summed E-state index contributed by atoms with van der Waals surface area (Å²) < 4.78 is 6.61. The van der Waals surface area contributed by atoms with Crippen LogP contribution >= 0.6 is 0 Å². The number of aryl methyl sites for hydroxylation is 2. The van der Waals surface area contributed by atoms with Gasteiger partial charge in [0.1, 0.15) is 5.69 Å². The van der Waals surface area contributed by atoms with Gasteiger partial charge in [-0.1, -0.05) is 35.4 Å². The quantitative estimate of drug-likeness (QED) is 0.606. The number of anilines is 1. The van der Waals surface area contributed by atoms with Crippen molar-refractivity contribution in [1.82, 2.24) is 14.6 Å². The minimum absolute atomic E-state index is 0.0303. The van der Waals surface area contributed by atoms with Gasteiger partial charge in [0.15, 0.2) is 0 Å². The zero-order valence-corrected chi connectivity index (χ0v) is 14.8. The lowest BCUT2D eigenvalue weighted by Gasteiger charge is -2.04. The van der Waals surface area contributed by atoms with E-state index < -0.39 is 5.56 Å². The molecular weight excluding hydrogens is 344 g/mol. The van der Waals surface area contributed by atoms with E-state index in [-0.39, 0.29) is 23.3 Å². The molecule has 0 aliphatic carbocycles. The van der Waals surface area contributed by atoms with Gasteiger partial charge in [-0.2, -0.15) is 0 Å². The smallest absolute Gasteiger partial charge is 0.328 e. The third-order valence-corrected chi connectivity index (χ3v) is 4.11. The molecule has 0 aliphatic heterocycles. The largest absolute Gasteiger partial charge is 0.403 e. The van der Waals surface area contributed by atoms with Crippen LogP contribution in [0.1, 0.15) is 21.5 Å². The Kier molecular flexibility index (Phi) is 4.04. The maximum Gasteiger partial charge on any atom is 0.328 e. The van der Waals surface area contributed by atoms with Gasteiger partial charge in [0.05, 0.1) is 6.20 Å². The molecule has 0 saturated carbocycles. The molecule has 7 heteroatoms. The van der Waals surface area contributed by atoms with Gasteiger partial charge in [0, 0.05) is 11.1 Å². The predicted molar refractivity (Wildman–Crippen MR) is 101 cm³/mol. The Morgan fingerprint density at radius 2 is 1.85 bits per heavy atom. The molecule has 2 aromatic carbocycles. The Labute approximate surface area is 154 Å². The van der Waals surface area contributed by atoms with E-state index >= 15 is 0 Å². The van der Waals surface area contributed by atoms with Gasteiger partial charge in [0.25, 0.3) is 5.91 Å². The van der Waals surface area contributed by atoms with Gasteiger partial charge in [-0.3, -0.25) is 9.59 Å². The summed E-state index contributed by atoms with van der Waals surface area (Å²) in [5, 5.41) is 6.78. The van der Waals surface area contributed by atoms with Crippen LogP contribution in [0, 0.1) is 13.8 Å². The molecule has 27 heavy (non-hydrogen) atoms. The van der Waals surface area contributed by atoms with Crippen molar-refractivity contribution in [3.8, 4) is 11.5 Å². The van der Waals surface area contributed by atoms with Crippen molar-refractivity contribution in [1.29, 1.82) is 0 Å². The minimum Gasteiger partial charge on any atom is -0.403 e. The highest BCUT2D eigenvalue weighted by molar-refractivity contribution is 6.04. The summed E-state index contributed by atoms with van der Waals surface area (Å²) in [4.78, 5) is 29.1. The monoisotopic (exact) mass is 360 g/mol. The minimum atomic E-state index is -0.511. The van der Waals surface area contributed by atoms with Crippen LogP contribution in [0.3, 0.4) is 0 Å². The van der Waals surface area contributed by atoms with Gasteiger partial charge < -0.3 is 9.73 Å².